The molecule has 84 valence electrons. The lowest BCUT2D eigenvalue weighted by atomic mass is 10.2. The van der Waals surface area contributed by atoms with Crippen LogP contribution >= 0.6 is 10.2 Å². The Morgan fingerprint density at radius 3 is 2.64 bits per heavy atom. The van der Waals surface area contributed by atoms with Crippen molar-refractivity contribution in [3.8, 4) is 0 Å². The van der Waals surface area contributed by atoms with E-state index in [9.17, 15) is 4.79 Å². The molecule has 0 aromatic carbocycles. The zero-order valence-electron chi connectivity index (χ0n) is 9.58. The van der Waals surface area contributed by atoms with Crippen molar-refractivity contribution in [2.45, 2.75) is 25.8 Å². The SMILES string of the molecule is CCOC(=O)C1CCCN1S(C)(C)C. The third-order valence-corrected chi connectivity index (χ3v) is 4.31. The van der Waals surface area contributed by atoms with Crippen molar-refractivity contribution in [1.29, 1.82) is 0 Å². The number of nitrogens with zero attached hydrogens (tertiary/aromatic N) is 1. The highest BCUT2D eigenvalue weighted by Gasteiger charge is 2.36. The van der Waals surface area contributed by atoms with Crippen LogP contribution in [0.4, 0.5) is 0 Å². The predicted molar refractivity (Wildman–Crippen MR) is 61.7 cm³/mol. The smallest absolute Gasteiger partial charge is 0.324 e. The molecular weight excluding hydrogens is 198 g/mol. The number of esters is 1. The largest absolute Gasteiger partial charge is 0.465 e. The van der Waals surface area contributed by atoms with Crippen LogP contribution in [0.25, 0.3) is 0 Å². The van der Waals surface area contributed by atoms with Gasteiger partial charge in [-0.3, -0.25) is 9.10 Å². The van der Waals surface area contributed by atoms with E-state index in [4.69, 9.17) is 4.74 Å². The summed E-state index contributed by atoms with van der Waals surface area (Å²) in [6.45, 7) is 3.39. The number of rotatable bonds is 3. The topological polar surface area (TPSA) is 29.5 Å². The van der Waals surface area contributed by atoms with Crippen molar-refractivity contribution < 1.29 is 9.53 Å². The molecule has 0 radical (unpaired) electrons. The fourth-order valence-electron chi connectivity index (χ4n) is 1.87. The monoisotopic (exact) mass is 219 g/mol. The summed E-state index contributed by atoms with van der Waals surface area (Å²) in [5, 5.41) is 0. The predicted octanol–water partition coefficient (Wildman–Crippen LogP) is 1.62. The molecule has 0 saturated carbocycles. The van der Waals surface area contributed by atoms with Crippen LogP contribution in [-0.2, 0) is 9.53 Å². The quantitative estimate of drug-likeness (QED) is 0.676. The van der Waals surface area contributed by atoms with Gasteiger partial charge in [0.25, 0.3) is 0 Å². The average Bonchev–Trinajstić information content (AvgIpc) is 2.50. The maximum atomic E-state index is 11.7. The molecule has 0 spiro atoms. The first-order chi connectivity index (χ1) is 6.46. The van der Waals surface area contributed by atoms with Crippen molar-refractivity contribution in [3.05, 3.63) is 0 Å². The van der Waals surface area contributed by atoms with Crippen LogP contribution < -0.4 is 0 Å². The Bertz CT molecular complexity index is 213. The van der Waals surface area contributed by atoms with E-state index in [-0.39, 0.29) is 12.0 Å². The number of ether oxygens (including phenoxy) is 1. The summed E-state index contributed by atoms with van der Waals surface area (Å²) in [6, 6.07) is 0.0185. The summed E-state index contributed by atoms with van der Waals surface area (Å²) in [7, 11) is -0.783. The van der Waals surface area contributed by atoms with Crippen LogP contribution in [0.3, 0.4) is 0 Å². The molecule has 1 aliphatic rings. The van der Waals surface area contributed by atoms with Gasteiger partial charge in [-0.1, -0.05) is 0 Å². The van der Waals surface area contributed by atoms with Gasteiger partial charge in [0.05, 0.1) is 6.61 Å². The molecule has 1 saturated heterocycles. The molecule has 14 heavy (non-hydrogen) atoms. The fourth-order valence-corrected chi connectivity index (χ4v) is 3.50. The van der Waals surface area contributed by atoms with Gasteiger partial charge in [0.15, 0.2) is 0 Å². The summed E-state index contributed by atoms with van der Waals surface area (Å²) >= 11 is 0. The van der Waals surface area contributed by atoms with E-state index in [0.29, 0.717) is 6.61 Å². The Morgan fingerprint density at radius 1 is 1.50 bits per heavy atom. The minimum absolute atomic E-state index is 0.0185. The number of carbonyl (C=O) groups is 1. The molecular formula is C10H21NO2S. The molecule has 1 atom stereocenters. The molecule has 1 rings (SSSR count). The van der Waals surface area contributed by atoms with Crippen molar-refractivity contribution >= 4 is 16.2 Å². The van der Waals surface area contributed by atoms with Gasteiger partial charge in [-0.15, -0.1) is 0 Å². The highest BCUT2D eigenvalue weighted by Crippen LogP contribution is 2.45. The zero-order valence-corrected chi connectivity index (χ0v) is 10.4. The molecule has 0 aliphatic carbocycles. The first-order valence-electron chi connectivity index (χ1n) is 5.08. The van der Waals surface area contributed by atoms with Crippen LogP contribution in [0.2, 0.25) is 0 Å². The van der Waals surface area contributed by atoms with Crippen molar-refractivity contribution in [3.63, 3.8) is 0 Å². The van der Waals surface area contributed by atoms with Crippen LogP contribution in [-0.4, -0.2) is 48.2 Å². The van der Waals surface area contributed by atoms with Crippen molar-refractivity contribution in [2.24, 2.45) is 0 Å². The average molecular weight is 219 g/mol. The first kappa shape index (κ1) is 11.9. The third kappa shape index (κ3) is 2.64. The second-order valence-corrected chi connectivity index (χ2v) is 8.34. The number of carbonyl (C=O) groups excluding carboxylic acids is 1. The standard InChI is InChI=1S/C10H21NO2S/c1-5-13-10(12)9-7-6-8-11(9)14(2,3)4/h9H,5-8H2,1-4H3. The molecule has 0 bridgehead atoms. The van der Waals surface area contributed by atoms with Gasteiger partial charge in [-0.2, -0.15) is 10.2 Å². The van der Waals surface area contributed by atoms with E-state index >= 15 is 0 Å². The van der Waals surface area contributed by atoms with E-state index in [2.05, 4.69) is 23.1 Å². The summed E-state index contributed by atoms with van der Waals surface area (Å²) < 4.78 is 7.41. The van der Waals surface area contributed by atoms with E-state index in [1.807, 2.05) is 6.92 Å². The van der Waals surface area contributed by atoms with Gasteiger partial charge in [-0.05, 0) is 38.5 Å². The molecule has 0 aromatic rings. The Kier molecular flexibility index (Phi) is 3.84. The molecule has 0 aromatic heterocycles. The summed E-state index contributed by atoms with van der Waals surface area (Å²) in [5.74, 6) is -0.0348. The number of hydrogen-bond acceptors (Lipinski definition) is 3. The summed E-state index contributed by atoms with van der Waals surface area (Å²) in [4.78, 5) is 11.7. The summed E-state index contributed by atoms with van der Waals surface area (Å²) in [5.41, 5.74) is 0. The molecule has 1 unspecified atom stereocenters. The maximum Gasteiger partial charge on any atom is 0.324 e. The van der Waals surface area contributed by atoms with Gasteiger partial charge >= 0.3 is 5.97 Å². The van der Waals surface area contributed by atoms with Crippen molar-refractivity contribution in [1.82, 2.24) is 4.31 Å². The molecule has 1 fully saturated rings. The lowest BCUT2D eigenvalue weighted by Gasteiger charge is -2.40. The Labute approximate surface area is 88.2 Å². The lowest BCUT2D eigenvalue weighted by Crippen LogP contribution is -2.38. The van der Waals surface area contributed by atoms with E-state index < -0.39 is 10.2 Å². The minimum Gasteiger partial charge on any atom is -0.465 e. The highest BCUT2D eigenvalue weighted by molar-refractivity contribution is 8.30. The fraction of sp³-hybridized carbons (Fsp3) is 0.900. The van der Waals surface area contributed by atoms with Crippen LogP contribution in [0.5, 0.6) is 0 Å². The minimum atomic E-state index is -0.783. The van der Waals surface area contributed by atoms with Gasteiger partial charge in [0.2, 0.25) is 0 Å². The van der Waals surface area contributed by atoms with Crippen LogP contribution in [0, 0.1) is 0 Å². The second kappa shape index (κ2) is 4.53. The van der Waals surface area contributed by atoms with Gasteiger partial charge < -0.3 is 4.74 Å². The Hall–Kier alpha value is -0.220. The highest BCUT2D eigenvalue weighted by atomic mass is 32.3. The van der Waals surface area contributed by atoms with E-state index in [1.54, 1.807) is 0 Å². The lowest BCUT2D eigenvalue weighted by molar-refractivity contribution is -0.146. The molecule has 0 amide bonds. The zero-order chi connectivity index (χ0) is 10.8. The van der Waals surface area contributed by atoms with E-state index in [0.717, 1.165) is 19.4 Å². The van der Waals surface area contributed by atoms with Gasteiger partial charge in [-0.25, -0.2) is 0 Å². The first-order valence-corrected chi connectivity index (χ1v) is 7.90. The van der Waals surface area contributed by atoms with Gasteiger partial charge in [0, 0.05) is 6.54 Å². The third-order valence-electron chi connectivity index (χ3n) is 2.47. The molecule has 4 heteroatoms. The maximum absolute atomic E-state index is 11.7. The molecule has 1 aliphatic heterocycles. The molecule has 0 N–H and O–H groups in total. The Balaban J connectivity index is 2.64. The van der Waals surface area contributed by atoms with Gasteiger partial charge in [0.1, 0.15) is 6.04 Å². The van der Waals surface area contributed by atoms with Crippen LogP contribution in [0.1, 0.15) is 19.8 Å². The summed E-state index contributed by atoms with van der Waals surface area (Å²) in [6.07, 6.45) is 8.76. The molecule has 3 nitrogen and oxygen atoms in total. The Morgan fingerprint density at radius 2 is 2.14 bits per heavy atom. The number of hydrogen-bond donors (Lipinski definition) is 0. The second-order valence-electron chi connectivity index (χ2n) is 4.32. The van der Waals surface area contributed by atoms with Crippen LogP contribution in [0.15, 0.2) is 0 Å². The van der Waals surface area contributed by atoms with E-state index in [1.165, 1.54) is 0 Å². The normalized spacial score (nSPS) is 25.0. The van der Waals surface area contributed by atoms with Crippen molar-refractivity contribution in [2.75, 3.05) is 31.9 Å². The molecule has 1 heterocycles.